The van der Waals surface area contributed by atoms with Gasteiger partial charge in [-0.15, -0.1) is 0 Å². The summed E-state index contributed by atoms with van der Waals surface area (Å²) in [5.74, 6) is 0.381. The molecule has 1 rings (SSSR count). The number of hydrogen-bond acceptors (Lipinski definition) is 4. The fourth-order valence-electron chi connectivity index (χ4n) is 1.06. The van der Waals surface area contributed by atoms with Crippen LogP contribution in [0, 0.1) is 0 Å². The van der Waals surface area contributed by atoms with Gasteiger partial charge in [-0.05, 0) is 6.07 Å². The van der Waals surface area contributed by atoms with Gasteiger partial charge in [-0.25, -0.2) is 0 Å². The van der Waals surface area contributed by atoms with Crippen LogP contribution in [0.1, 0.15) is 11.7 Å². The summed E-state index contributed by atoms with van der Waals surface area (Å²) in [5, 5.41) is 26.6. The lowest BCUT2D eigenvalue weighted by Crippen LogP contribution is -2.06. The molecular weight excluding hydrogens is 172 g/mol. The maximum atomic E-state index is 9.33. The molecule has 0 aromatic heterocycles. The van der Waals surface area contributed by atoms with Gasteiger partial charge < -0.3 is 20.1 Å². The predicted molar refractivity (Wildman–Crippen MR) is 46.2 cm³/mol. The van der Waals surface area contributed by atoms with E-state index in [9.17, 15) is 5.11 Å². The van der Waals surface area contributed by atoms with Gasteiger partial charge in [0.15, 0.2) is 6.79 Å². The highest BCUT2D eigenvalue weighted by Crippen LogP contribution is 2.24. The summed E-state index contributed by atoms with van der Waals surface area (Å²) < 4.78 is 4.84. The van der Waals surface area contributed by atoms with Crippen LogP contribution in [0.5, 0.6) is 5.75 Å². The van der Waals surface area contributed by atoms with Crippen molar-refractivity contribution in [3.8, 4) is 5.75 Å². The van der Waals surface area contributed by atoms with Crippen LogP contribution in [-0.2, 0) is 0 Å². The molecule has 4 heteroatoms. The first-order chi connectivity index (χ1) is 6.29. The molecule has 72 valence electrons. The molecule has 0 spiro atoms. The third-order valence-corrected chi connectivity index (χ3v) is 1.67. The lowest BCUT2D eigenvalue weighted by molar-refractivity contribution is 0.0764. The second-order valence-electron chi connectivity index (χ2n) is 2.51. The van der Waals surface area contributed by atoms with Crippen LogP contribution in [0.15, 0.2) is 24.3 Å². The van der Waals surface area contributed by atoms with Gasteiger partial charge in [-0.2, -0.15) is 0 Å². The summed E-state index contributed by atoms with van der Waals surface area (Å²) in [6, 6.07) is 6.69. The van der Waals surface area contributed by atoms with Crippen LogP contribution < -0.4 is 4.74 Å². The van der Waals surface area contributed by atoms with Gasteiger partial charge >= 0.3 is 0 Å². The molecule has 0 aliphatic heterocycles. The summed E-state index contributed by atoms with van der Waals surface area (Å²) in [4.78, 5) is 0. The molecular formula is C9H12O4. The van der Waals surface area contributed by atoms with E-state index in [-0.39, 0.29) is 6.61 Å². The highest BCUT2D eigenvalue weighted by atomic mass is 16.6. The normalized spacial score (nSPS) is 12.5. The molecule has 0 bridgehead atoms. The number of hydrogen-bond donors (Lipinski definition) is 3. The van der Waals surface area contributed by atoms with E-state index in [1.807, 2.05) is 0 Å². The van der Waals surface area contributed by atoms with Gasteiger partial charge in [0.25, 0.3) is 0 Å². The van der Waals surface area contributed by atoms with Crippen molar-refractivity contribution >= 4 is 0 Å². The lowest BCUT2D eigenvalue weighted by Gasteiger charge is -2.12. The molecule has 3 N–H and O–H groups in total. The van der Waals surface area contributed by atoms with E-state index in [0.717, 1.165) is 0 Å². The molecule has 1 unspecified atom stereocenters. The molecule has 1 aromatic carbocycles. The minimum atomic E-state index is -0.970. The van der Waals surface area contributed by atoms with Crippen LogP contribution in [0.2, 0.25) is 0 Å². The van der Waals surface area contributed by atoms with Crippen molar-refractivity contribution in [3.63, 3.8) is 0 Å². The highest BCUT2D eigenvalue weighted by molar-refractivity contribution is 5.34. The molecule has 13 heavy (non-hydrogen) atoms. The van der Waals surface area contributed by atoms with Gasteiger partial charge in [-0.3, -0.25) is 0 Å². The Kier molecular flexibility index (Phi) is 3.70. The first kappa shape index (κ1) is 9.98. The zero-order valence-corrected chi connectivity index (χ0v) is 7.05. The zero-order valence-electron chi connectivity index (χ0n) is 7.05. The molecule has 0 fully saturated rings. The van der Waals surface area contributed by atoms with Crippen molar-refractivity contribution in [3.05, 3.63) is 29.8 Å². The SMILES string of the molecule is OCOc1ccccc1C(O)CO. The average molecular weight is 184 g/mol. The zero-order chi connectivity index (χ0) is 9.68. The number of aliphatic hydroxyl groups is 3. The van der Waals surface area contributed by atoms with Crippen molar-refractivity contribution in [2.75, 3.05) is 13.4 Å². The Morgan fingerprint density at radius 2 is 1.92 bits per heavy atom. The van der Waals surface area contributed by atoms with E-state index in [1.165, 1.54) is 0 Å². The van der Waals surface area contributed by atoms with Gasteiger partial charge in [0.1, 0.15) is 11.9 Å². The Bertz CT molecular complexity index is 262. The second kappa shape index (κ2) is 4.81. The molecule has 1 atom stereocenters. The van der Waals surface area contributed by atoms with Gasteiger partial charge in [-0.1, -0.05) is 18.2 Å². The average Bonchev–Trinajstić information content (AvgIpc) is 2.18. The van der Waals surface area contributed by atoms with Crippen molar-refractivity contribution in [2.45, 2.75) is 6.10 Å². The van der Waals surface area contributed by atoms with E-state index in [0.29, 0.717) is 11.3 Å². The summed E-state index contributed by atoms with van der Waals surface area (Å²) in [6.45, 7) is -0.818. The van der Waals surface area contributed by atoms with E-state index in [1.54, 1.807) is 24.3 Å². The molecule has 0 heterocycles. The summed E-state index contributed by atoms with van der Waals surface area (Å²) >= 11 is 0. The molecule has 0 aliphatic carbocycles. The van der Waals surface area contributed by atoms with Crippen molar-refractivity contribution in [2.24, 2.45) is 0 Å². The first-order valence-corrected chi connectivity index (χ1v) is 3.91. The van der Waals surface area contributed by atoms with Crippen LogP contribution in [0.25, 0.3) is 0 Å². The molecule has 0 amide bonds. The lowest BCUT2D eigenvalue weighted by atomic mass is 10.1. The second-order valence-corrected chi connectivity index (χ2v) is 2.51. The van der Waals surface area contributed by atoms with Crippen molar-refractivity contribution in [1.29, 1.82) is 0 Å². The van der Waals surface area contributed by atoms with E-state index < -0.39 is 12.9 Å². The van der Waals surface area contributed by atoms with Gasteiger partial charge in [0.2, 0.25) is 0 Å². The summed E-state index contributed by atoms with van der Waals surface area (Å²) in [5.41, 5.74) is 0.471. The van der Waals surface area contributed by atoms with Crippen LogP contribution in [0.3, 0.4) is 0 Å². The Balaban J connectivity index is 2.90. The number of para-hydroxylation sites is 1. The van der Waals surface area contributed by atoms with Crippen molar-refractivity contribution in [1.82, 2.24) is 0 Å². The molecule has 0 saturated carbocycles. The Morgan fingerprint density at radius 1 is 1.23 bits per heavy atom. The molecule has 0 radical (unpaired) electrons. The molecule has 0 saturated heterocycles. The maximum Gasteiger partial charge on any atom is 0.186 e. The Labute approximate surface area is 76.0 Å². The minimum absolute atomic E-state index is 0.369. The standard InChI is InChI=1S/C9H12O4/c10-5-8(12)7-3-1-2-4-9(7)13-6-11/h1-4,8,10-12H,5-6H2. The third-order valence-electron chi connectivity index (χ3n) is 1.67. The fraction of sp³-hybridized carbons (Fsp3) is 0.333. The van der Waals surface area contributed by atoms with Crippen molar-refractivity contribution < 1.29 is 20.1 Å². The number of aliphatic hydroxyl groups excluding tert-OH is 3. The Morgan fingerprint density at radius 3 is 2.54 bits per heavy atom. The highest BCUT2D eigenvalue weighted by Gasteiger charge is 2.10. The van der Waals surface area contributed by atoms with Crippen LogP contribution in [-0.4, -0.2) is 28.7 Å². The maximum absolute atomic E-state index is 9.33. The molecule has 0 aliphatic rings. The fourth-order valence-corrected chi connectivity index (χ4v) is 1.06. The van der Waals surface area contributed by atoms with E-state index in [2.05, 4.69) is 0 Å². The topological polar surface area (TPSA) is 69.9 Å². The predicted octanol–water partition coefficient (Wildman–Crippen LogP) is 0.0409. The minimum Gasteiger partial charge on any atom is -0.467 e. The number of benzene rings is 1. The third kappa shape index (κ3) is 2.42. The van der Waals surface area contributed by atoms with Crippen LogP contribution in [0.4, 0.5) is 0 Å². The molecule has 1 aromatic rings. The smallest absolute Gasteiger partial charge is 0.186 e. The first-order valence-electron chi connectivity index (χ1n) is 3.91. The van der Waals surface area contributed by atoms with Gasteiger partial charge in [0.05, 0.1) is 6.61 Å². The Hall–Kier alpha value is -1.10. The largest absolute Gasteiger partial charge is 0.467 e. The summed E-state index contributed by atoms with van der Waals surface area (Å²) in [7, 11) is 0. The van der Waals surface area contributed by atoms with E-state index in [4.69, 9.17) is 14.9 Å². The monoisotopic (exact) mass is 184 g/mol. The number of ether oxygens (including phenoxy) is 1. The van der Waals surface area contributed by atoms with Gasteiger partial charge in [0, 0.05) is 5.56 Å². The van der Waals surface area contributed by atoms with E-state index >= 15 is 0 Å². The van der Waals surface area contributed by atoms with Crippen LogP contribution >= 0.6 is 0 Å². The quantitative estimate of drug-likeness (QED) is 0.578. The number of rotatable bonds is 4. The summed E-state index contributed by atoms with van der Waals surface area (Å²) in [6.07, 6.45) is -0.970. The molecule has 4 nitrogen and oxygen atoms in total.